The van der Waals surface area contributed by atoms with E-state index in [1.165, 1.54) is 0 Å². The van der Waals surface area contributed by atoms with Crippen molar-refractivity contribution in [3.05, 3.63) is 29.8 Å². The third-order valence-corrected chi connectivity index (χ3v) is 5.64. The van der Waals surface area contributed by atoms with Crippen molar-refractivity contribution in [2.45, 2.75) is 26.2 Å². The molecule has 1 saturated heterocycles. The molecule has 1 aliphatic rings. The van der Waals surface area contributed by atoms with E-state index in [1.807, 2.05) is 31.2 Å². The molecule has 0 saturated carbocycles. The van der Waals surface area contributed by atoms with Crippen LogP contribution in [0.4, 0.5) is 0 Å². The number of hydrogen-bond donors (Lipinski definition) is 1. The number of nitrogens with one attached hydrogen (secondary N) is 1. The van der Waals surface area contributed by atoms with Gasteiger partial charge in [-0.1, -0.05) is 12.1 Å². The van der Waals surface area contributed by atoms with E-state index in [1.54, 1.807) is 0 Å². The Balaban J connectivity index is 1.69. The molecule has 0 bridgehead atoms. The summed E-state index contributed by atoms with van der Waals surface area (Å²) < 4.78 is 28.1. The molecule has 0 aromatic heterocycles. The van der Waals surface area contributed by atoms with Crippen molar-refractivity contribution in [1.29, 1.82) is 0 Å². The third kappa shape index (κ3) is 5.33. The fourth-order valence-electron chi connectivity index (χ4n) is 2.63. The zero-order valence-electron chi connectivity index (χ0n) is 12.9. The van der Waals surface area contributed by atoms with Gasteiger partial charge < -0.3 is 10.1 Å². The topological polar surface area (TPSA) is 72.5 Å². The average molecular weight is 325 g/mol. The molecule has 0 radical (unpaired) electrons. The van der Waals surface area contributed by atoms with Crippen LogP contribution in [-0.4, -0.2) is 39.0 Å². The number of carbonyl (C=O) groups is 1. The summed E-state index contributed by atoms with van der Waals surface area (Å²) in [5, 5.41) is 2.86. The van der Waals surface area contributed by atoms with E-state index in [0.29, 0.717) is 19.6 Å². The number of sulfone groups is 1. The molecule has 1 atom stereocenters. The molecular weight excluding hydrogens is 302 g/mol. The van der Waals surface area contributed by atoms with Crippen molar-refractivity contribution in [3.8, 4) is 5.75 Å². The molecule has 0 aliphatic carbocycles. The summed E-state index contributed by atoms with van der Waals surface area (Å²) in [6.07, 6.45) is 1.78. The first-order valence-electron chi connectivity index (χ1n) is 7.67. The Labute approximate surface area is 132 Å². The molecule has 1 heterocycles. The van der Waals surface area contributed by atoms with Crippen LogP contribution in [-0.2, 0) is 21.1 Å². The van der Waals surface area contributed by atoms with Crippen molar-refractivity contribution >= 4 is 15.7 Å². The Bertz CT molecular complexity index is 595. The van der Waals surface area contributed by atoms with Gasteiger partial charge in [0.05, 0.1) is 24.5 Å². The predicted octanol–water partition coefficient (Wildman–Crippen LogP) is 1.57. The van der Waals surface area contributed by atoms with E-state index in [4.69, 9.17) is 4.74 Å². The normalized spacial score (nSPS) is 19.8. The molecule has 1 aromatic rings. The minimum atomic E-state index is -2.83. The molecule has 122 valence electrons. The summed E-state index contributed by atoms with van der Waals surface area (Å²) >= 11 is 0. The summed E-state index contributed by atoms with van der Waals surface area (Å²) in [5.74, 6) is 1.51. The first kappa shape index (κ1) is 16.8. The highest BCUT2D eigenvalue weighted by Gasteiger charge is 2.27. The molecule has 1 fully saturated rings. The smallest absolute Gasteiger partial charge is 0.224 e. The molecule has 0 spiro atoms. The van der Waals surface area contributed by atoms with Crippen LogP contribution < -0.4 is 10.1 Å². The zero-order chi connectivity index (χ0) is 16.0. The number of hydrogen-bond acceptors (Lipinski definition) is 4. The van der Waals surface area contributed by atoms with Gasteiger partial charge in [-0.15, -0.1) is 0 Å². The van der Waals surface area contributed by atoms with Crippen molar-refractivity contribution < 1.29 is 17.9 Å². The maximum atomic E-state index is 11.9. The van der Waals surface area contributed by atoms with Crippen LogP contribution in [0.2, 0.25) is 0 Å². The molecule has 1 aromatic carbocycles. The second-order valence-electron chi connectivity index (χ2n) is 5.66. The van der Waals surface area contributed by atoms with Gasteiger partial charge in [-0.05, 0) is 43.4 Å². The van der Waals surface area contributed by atoms with Crippen LogP contribution in [0, 0.1) is 5.92 Å². The molecule has 1 aliphatic heterocycles. The summed E-state index contributed by atoms with van der Waals surface area (Å²) in [5.41, 5.74) is 0.935. The number of benzene rings is 1. The maximum absolute atomic E-state index is 11.9. The first-order valence-corrected chi connectivity index (χ1v) is 9.49. The maximum Gasteiger partial charge on any atom is 0.224 e. The quantitative estimate of drug-likeness (QED) is 0.826. The van der Waals surface area contributed by atoms with Crippen LogP contribution in [0.15, 0.2) is 24.3 Å². The Hall–Kier alpha value is -1.56. The third-order valence-electron chi connectivity index (χ3n) is 3.80. The van der Waals surface area contributed by atoms with Crippen LogP contribution in [0.3, 0.4) is 0 Å². The van der Waals surface area contributed by atoms with Crippen molar-refractivity contribution in [2.24, 2.45) is 5.92 Å². The average Bonchev–Trinajstić information content (AvgIpc) is 2.81. The molecule has 1 unspecified atom stereocenters. The van der Waals surface area contributed by atoms with E-state index >= 15 is 0 Å². The van der Waals surface area contributed by atoms with E-state index < -0.39 is 9.84 Å². The van der Waals surface area contributed by atoms with Gasteiger partial charge in [0.2, 0.25) is 5.91 Å². The first-order chi connectivity index (χ1) is 10.5. The van der Waals surface area contributed by atoms with Gasteiger partial charge in [0.25, 0.3) is 0 Å². The minimum absolute atomic E-state index is 0.0370. The second-order valence-corrected chi connectivity index (χ2v) is 7.89. The van der Waals surface area contributed by atoms with Crippen molar-refractivity contribution in [1.82, 2.24) is 5.32 Å². The summed E-state index contributed by atoms with van der Waals surface area (Å²) in [6.45, 7) is 3.09. The fourth-order valence-corrected chi connectivity index (χ4v) is 4.54. The van der Waals surface area contributed by atoms with Crippen molar-refractivity contribution in [2.75, 3.05) is 24.7 Å². The highest BCUT2D eigenvalue weighted by atomic mass is 32.2. The van der Waals surface area contributed by atoms with E-state index in [9.17, 15) is 13.2 Å². The second kappa shape index (κ2) is 7.63. The van der Waals surface area contributed by atoms with Crippen LogP contribution in [0.25, 0.3) is 0 Å². The van der Waals surface area contributed by atoms with Crippen LogP contribution >= 0.6 is 0 Å². The summed E-state index contributed by atoms with van der Waals surface area (Å²) in [6, 6.07) is 7.48. The highest BCUT2D eigenvalue weighted by molar-refractivity contribution is 7.91. The van der Waals surface area contributed by atoms with Gasteiger partial charge in [0, 0.05) is 6.54 Å². The van der Waals surface area contributed by atoms with E-state index in [0.717, 1.165) is 24.2 Å². The Kier molecular flexibility index (Phi) is 5.83. The lowest BCUT2D eigenvalue weighted by atomic mass is 10.1. The SMILES string of the molecule is CCOc1ccc(CC(=O)NCCC2CCS(=O)(=O)C2)cc1. The zero-order valence-corrected chi connectivity index (χ0v) is 13.7. The molecule has 2 rings (SSSR count). The standard InChI is InChI=1S/C16H23NO4S/c1-2-21-15-5-3-13(4-6-15)11-16(18)17-9-7-14-8-10-22(19,20)12-14/h3-6,14H,2,7-12H2,1H3,(H,17,18). The van der Waals surface area contributed by atoms with E-state index in [2.05, 4.69) is 5.32 Å². The molecule has 1 N–H and O–H groups in total. The van der Waals surface area contributed by atoms with Crippen LogP contribution in [0.5, 0.6) is 5.75 Å². The molecule has 22 heavy (non-hydrogen) atoms. The van der Waals surface area contributed by atoms with Gasteiger partial charge in [0.1, 0.15) is 5.75 Å². The largest absolute Gasteiger partial charge is 0.494 e. The number of amides is 1. The monoisotopic (exact) mass is 325 g/mol. The molecule has 1 amide bonds. The molecule has 6 heteroatoms. The van der Waals surface area contributed by atoms with Gasteiger partial charge in [-0.25, -0.2) is 8.42 Å². The van der Waals surface area contributed by atoms with Gasteiger partial charge in [-0.2, -0.15) is 0 Å². The lowest BCUT2D eigenvalue weighted by Crippen LogP contribution is -2.27. The highest BCUT2D eigenvalue weighted by Crippen LogP contribution is 2.20. The predicted molar refractivity (Wildman–Crippen MR) is 85.7 cm³/mol. The van der Waals surface area contributed by atoms with Gasteiger partial charge in [-0.3, -0.25) is 4.79 Å². The minimum Gasteiger partial charge on any atom is -0.494 e. The van der Waals surface area contributed by atoms with Gasteiger partial charge in [0.15, 0.2) is 9.84 Å². The fraction of sp³-hybridized carbons (Fsp3) is 0.562. The van der Waals surface area contributed by atoms with Gasteiger partial charge >= 0.3 is 0 Å². The molecule has 5 nitrogen and oxygen atoms in total. The number of ether oxygens (including phenoxy) is 1. The summed E-state index contributed by atoms with van der Waals surface area (Å²) in [7, 11) is -2.83. The molecular formula is C16H23NO4S. The Morgan fingerprint density at radius 1 is 1.32 bits per heavy atom. The summed E-state index contributed by atoms with van der Waals surface area (Å²) in [4.78, 5) is 11.9. The Morgan fingerprint density at radius 2 is 2.05 bits per heavy atom. The van der Waals surface area contributed by atoms with E-state index in [-0.39, 0.29) is 23.3 Å². The number of rotatable bonds is 7. The van der Waals surface area contributed by atoms with Crippen molar-refractivity contribution in [3.63, 3.8) is 0 Å². The lowest BCUT2D eigenvalue weighted by Gasteiger charge is -2.09. The lowest BCUT2D eigenvalue weighted by molar-refractivity contribution is -0.120. The van der Waals surface area contributed by atoms with Crippen LogP contribution in [0.1, 0.15) is 25.3 Å². The Morgan fingerprint density at radius 3 is 2.64 bits per heavy atom. The number of carbonyl (C=O) groups excluding carboxylic acids is 1.